The van der Waals surface area contributed by atoms with Crippen molar-refractivity contribution in [2.45, 2.75) is 38.1 Å². The van der Waals surface area contributed by atoms with Crippen molar-refractivity contribution in [3.63, 3.8) is 0 Å². The van der Waals surface area contributed by atoms with E-state index in [1.807, 2.05) is 0 Å². The predicted octanol–water partition coefficient (Wildman–Crippen LogP) is -0.983. The smallest absolute Gasteiger partial charge is 0.210 e. The molecule has 1 aliphatic carbocycles. The van der Waals surface area contributed by atoms with E-state index in [1.54, 1.807) is 0 Å². The molecule has 100 valence electrons. The van der Waals surface area contributed by atoms with Crippen molar-refractivity contribution < 1.29 is 8.42 Å². The third-order valence-corrected chi connectivity index (χ3v) is 3.48. The summed E-state index contributed by atoms with van der Waals surface area (Å²) < 4.78 is 21.5. The molecule has 0 aliphatic heterocycles. The van der Waals surface area contributed by atoms with Crippen molar-refractivity contribution in [3.8, 4) is 0 Å². The van der Waals surface area contributed by atoms with E-state index in [-0.39, 0.29) is 12.3 Å². The van der Waals surface area contributed by atoms with E-state index >= 15 is 0 Å². The second-order valence-corrected chi connectivity index (χ2v) is 5.95. The van der Waals surface area contributed by atoms with E-state index in [1.165, 1.54) is 19.3 Å². The zero-order valence-electron chi connectivity index (χ0n) is 9.85. The number of sulfonamides is 1. The lowest BCUT2D eigenvalue weighted by molar-refractivity contribution is 0.410. The van der Waals surface area contributed by atoms with Gasteiger partial charge in [-0.2, -0.15) is 0 Å². The first kappa shape index (κ1) is 14.2. The van der Waals surface area contributed by atoms with Crippen LogP contribution >= 0.6 is 0 Å². The maximum atomic E-state index is 10.7. The molecule has 1 rings (SSSR count). The molecule has 7 nitrogen and oxygen atoms in total. The molecule has 6 N–H and O–H groups in total. The summed E-state index contributed by atoms with van der Waals surface area (Å²) in [5, 5.41) is 8.05. The Kier molecular flexibility index (Phi) is 5.66. The highest BCUT2D eigenvalue weighted by Gasteiger charge is 2.14. The summed E-state index contributed by atoms with van der Waals surface area (Å²) in [4.78, 5) is 4.03. The first-order valence-corrected chi connectivity index (χ1v) is 7.51. The molecule has 0 unspecified atom stereocenters. The topological polar surface area (TPSA) is 123 Å². The maximum absolute atomic E-state index is 10.7. The fraction of sp³-hybridized carbons (Fsp3) is 0.889. The molecule has 0 bridgehead atoms. The molecule has 0 radical (unpaired) electrons. The van der Waals surface area contributed by atoms with Crippen LogP contribution in [0.1, 0.15) is 32.1 Å². The Bertz CT molecular complexity index is 348. The highest BCUT2D eigenvalue weighted by atomic mass is 32.2. The quantitative estimate of drug-likeness (QED) is 0.225. The Morgan fingerprint density at radius 1 is 1.29 bits per heavy atom. The highest BCUT2D eigenvalue weighted by molar-refractivity contribution is 7.89. The molecule has 0 aromatic carbocycles. The van der Waals surface area contributed by atoms with Crippen LogP contribution in [0.5, 0.6) is 0 Å². The van der Waals surface area contributed by atoms with Crippen molar-refractivity contribution in [3.05, 3.63) is 0 Å². The third kappa shape index (κ3) is 6.44. The van der Waals surface area contributed by atoms with E-state index in [9.17, 15) is 8.42 Å². The van der Waals surface area contributed by atoms with Gasteiger partial charge in [0.1, 0.15) is 0 Å². The van der Waals surface area contributed by atoms with Crippen LogP contribution in [0.4, 0.5) is 0 Å². The van der Waals surface area contributed by atoms with Crippen LogP contribution in [0.3, 0.4) is 0 Å². The first-order valence-electron chi connectivity index (χ1n) is 5.79. The molecule has 0 atom stereocenters. The van der Waals surface area contributed by atoms with Gasteiger partial charge in [0.25, 0.3) is 0 Å². The Morgan fingerprint density at radius 2 is 1.94 bits per heavy atom. The minimum absolute atomic E-state index is 0.109. The van der Waals surface area contributed by atoms with Gasteiger partial charge in [-0.05, 0) is 12.8 Å². The maximum Gasteiger partial charge on any atom is 0.210 e. The largest absolute Gasteiger partial charge is 0.353 e. The van der Waals surface area contributed by atoms with Crippen LogP contribution < -0.4 is 21.7 Å². The lowest BCUT2D eigenvalue weighted by Gasteiger charge is -2.24. The molecule has 0 aromatic rings. The van der Waals surface area contributed by atoms with Crippen molar-refractivity contribution >= 4 is 16.0 Å². The number of primary sulfonamides is 1. The Morgan fingerprint density at radius 3 is 2.47 bits per heavy atom. The van der Waals surface area contributed by atoms with E-state index in [0.717, 1.165) is 12.8 Å². The molecule has 0 heterocycles. The summed E-state index contributed by atoms with van der Waals surface area (Å²) in [5.74, 6) is 5.57. The van der Waals surface area contributed by atoms with Gasteiger partial charge in [0.15, 0.2) is 0 Å². The Labute approximate surface area is 102 Å². The number of hydrogen-bond acceptors (Lipinski definition) is 4. The molecule has 1 aliphatic rings. The second-order valence-electron chi connectivity index (χ2n) is 4.22. The summed E-state index contributed by atoms with van der Waals surface area (Å²) in [6, 6.07) is 0.369. The lowest BCUT2D eigenvalue weighted by atomic mass is 9.96. The third-order valence-electron chi connectivity index (χ3n) is 2.73. The Balaban J connectivity index is 2.38. The van der Waals surface area contributed by atoms with Gasteiger partial charge in [-0.3, -0.25) is 10.4 Å². The van der Waals surface area contributed by atoms with E-state index in [0.29, 0.717) is 12.0 Å². The zero-order chi connectivity index (χ0) is 12.7. The molecule has 1 fully saturated rings. The van der Waals surface area contributed by atoms with Crippen LogP contribution in [-0.2, 0) is 10.0 Å². The lowest BCUT2D eigenvalue weighted by Crippen LogP contribution is -2.47. The summed E-state index contributed by atoms with van der Waals surface area (Å²) in [6.45, 7) is 0.109. The summed E-state index contributed by atoms with van der Waals surface area (Å²) in [5.41, 5.74) is 2.44. The van der Waals surface area contributed by atoms with Gasteiger partial charge in [0, 0.05) is 6.04 Å². The Hall–Kier alpha value is -0.860. The van der Waals surface area contributed by atoms with Gasteiger partial charge in [0.2, 0.25) is 16.0 Å². The number of rotatable bonds is 4. The number of hydrogen-bond donors (Lipinski definition) is 4. The van der Waals surface area contributed by atoms with Gasteiger partial charge in [0.05, 0.1) is 12.3 Å². The number of guanidine groups is 1. The summed E-state index contributed by atoms with van der Waals surface area (Å²) in [6.07, 6.45) is 5.86. The fourth-order valence-electron chi connectivity index (χ4n) is 1.86. The van der Waals surface area contributed by atoms with Crippen LogP contribution in [-0.4, -0.2) is 32.7 Å². The van der Waals surface area contributed by atoms with Crippen molar-refractivity contribution in [1.29, 1.82) is 0 Å². The molecule has 1 saturated carbocycles. The number of hydrazine groups is 1. The van der Waals surface area contributed by atoms with Gasteiger partial charge in [-0.25, -0.2) is 19.4 Å². The number of aliphatic imine (C=N–C) groups is 1. The SMILES string of the molecule is NNC(=NCCS(N)(=O)=O)NC1CCCCC1. The van der Waals surface area contributed by atoms with Gasteiger partial charge in [-0.15, -0.1) is 0 Å². The van der Waals surface area contributed by atoms with Crippen LogP contribution in [0.25, 0.3) is 0 Å². The average Bonchev–Trinajstić information content (AvgIpc) is 2.27. The second kappa shape index (κ2) is 6.77. The first-order chi connectivity index (χ1) is 8.01. The van der Waals surface area contributed by atoms with Gasteiger partial charge >= 0.3 is 0 Å². The molecule has 0 saturated heterocycles. The van der Waals surface area contributed by atoms with Crippen LogP contribution in [0.2, 0.25) is 0 Å². The molecule has 17 heavy (non-hydrogen) atoms. The molecular formula is C9H21N5O2S. The summed E-state index contributed by atoms with van der Waals surface area (Å²) >= 11 is 0. The van der Waals surface area contributed by atoms with Crippen molar-refractivity contribution in [2.75, 3.05) is 12.3 Å². The van der Waals surface area contributed by atoms with E-state index < -0.39 is 10.0 Å². The van der Waals surface area contributed by atoms with Crippen LogP contribution in [0, 0.1) is 0 Å². The fourth-order valence-corrected chi connectivity index (χ4v) is 2.20. The highest BCUT2D eigenvalue weighted by Crippen LogP contribution is 2.16. The van der Waals surface area contributed by atoms with Gasteiger partial charge in [-0.1, -0.05) is 19.3 Å². The van der Waals surface area contributed by atoms with Crippen molar-refractivity contribution in [2.24, 2.45) is 16.0 Å². The predicted molar refractivity (Wildman–Crippen MR) is 67.6 cm³/mol. The molecule has 0 spiro atoms. The minimum atomic E-state index is -3.46. The normalized spacial score (nSPS) is 19.1. The monoisotopic (exact) mass is 263 g/mol. The molecule has 0 amide bonds. The summed E-state index contributed by atoms with van der Waals surface area (Å²) in [7, 11) is -3.46. The molecular weight excluding hydrogens is 242 g/mol. The van der Waals surface area contributed by atoms with Crippen LogP contribution in [0.15, 0.2) is 4.99 Å². The molecule has 8 heteroatoms. The number of nitrogens with two attached hydrogens (primary N) is 2. The van der Waals surface area contributed by atoms with E-state index in [4.69, 9.17) is 11.0 Å². The zero-order valence-corrected chi connectivity index (χ0v) is 10.7. The average molecular weight is 263 g/mol. The number of nitrogens with zero attached hydrogens (tertiary/aromatic N) is 1. The molecule has 0 aromatic heterocycles. The van der Waals surface area contributed by atoms with E-state index in [2.05, 4.69) is 15.7 Å². The minimum Gasteiger partial charge on any atom is -0.353 e. The standard InChI is InChI=1S/C9H21N5O2S/c10-14-9(12-6-7-17(11,15)16)13-8-4-2-1-3-5-8/h8H,1-7,10H2,(H2,11,15,16)(H2,12,13,14). The number of nitrogens with one attached hydrogen (secondary N) is 2. The van der Waals surface area contributed by atoms with Gasteiger partial charge < -0.3 is 5.32 Å². The van der Waals surface area contributed by atoms with Crippen molar-refractivity contribution in [1.82, 2.24) is 10.7 Å².